The molecule has 0 bridgehead atoms. The third-order valence-electron chi connectivity index (χ3n) is 6.97. The van der Waals surface area contributed by atoms with Crippen molar-refractivity contribution in [2.75, 3.05) is 46.5 Å². The monoisotopic (exact) mass is 454 g/mol. The zero-order chi connectivity index (χ0) is 23.3. The van der Waals surface area contributed by atoms with E-state index in [0.29, 0.717) is 56.5 Å². The highest BCUT2D eigenvalue weighted by atomic mass is 16.5. The summed E-state index contributed by atoms with van der Waals surface area (Å²) in [7, 11) is 3.59. The minimum Gasteiger partial charge on any atom is -0.492 e. The Hall–Kier alpha value is -2.87. The van der Waals surface area contributed by atoms with Crippen LogP contribution in [-0.4, -0.2) is 77.9 Å². The van der Waals surface area contributed by atoms with E-state index in [4.69, 9.17) is 9.47 Å². The molecule has 0 aliphatic carbocycles. The topological polar surface area (TPSA) is 76.9 Å². The Kier molecular flexibility index (Phi) is 7.33. The van der Waals surface area contributed by atoms with Crippen molar-refractivity contribution in [3.63, 3.8) is 0 Å². The normalized spacial score (nSPS) is 20.1. The van der Waals surface area contributed by atoms with Crippen molar-refractivity contribution >= 4 is 11.8 Å². The molecule has 1 aromatic carbocycles. The molecule has 1 fully saturated rings. The molecule has 3 heterocycles. The Labute approximate surface area is 195 Å². The Morgan fingerprint density at radius 3 is 2.55 bits per heavy atom. The van der Waals surface area contributed by atoms with E-state index in [0.717, 1.165) is 32.1 Å². The molecule has 2 amide bonds. The average molecular weight is 455 g/mol. The third-order valence-corrected chi connectivity index (χ3v) is 6.97. The van der Waals surface area contributed by atoms with Crippen LogP contribution >= 0.6 is 0 Å². The number of hydrogen-bond donors (Lipinski definition) is 0. The van der Waals surface area contributed by atoms with Gasteiger partial charge in [-0.3, -0.25) is 14.3 Å². The first-order chi connectivity index (χ1) is 16.0. The summed E-state index contributed by atoms with van der Waals surface area (Å²) in [6.07, 6.45) is 6.44. The van der Waals surface area contributed by atoms with E-state index in [-0.39, 0.29) is 17.2 Å². The SMILES string of the molecule is CN1CCOCCCCC2(CCN(C(=O)c3ccnn3C)CC2)COc2ccccc2C1=O. The van der Waals surface area contributed by atoms with Crippen molar-refractivity contribution in [2.24, 2.45) is 12.5 Å². The molecule has 2 aliphatic rings. The van der Waals surface area contributed by atoms with Crippen LogP contribution in [0.15, 0.2) is 36.5 Å². The predicted octanol–water partition coefficient (Wildman–Crippen LogP) is 2.99. The number of carbonyl (C=O) groups excluding carboxylic acids is 2. The summed E-state index contributed by atoms with van der Waals surface area (Å²) in [5.41, 5.74) is 1.16. The molecule has 178 valence electrons. The van der Waals surface area contributed by atoms with Gasteiger partial charge in [-0.15, -0.1) is 0 Å². The van der Waals surface area contributed by atoms with Gasteiger partial charge in [0, 0.05) is 51.9 Å². The molecule has 0 radical (unpaired) electrons. The highest BCUT2D eigenvalue weighted by molar-refractivity contribution is 5.96. The molecule has 8 heteroatoms. The number of carbonyl (C=O) groups is 2. The lowest BCUT2D eigenvalue weighted by Crippen LogP contribution is -2.46. The highest BCUT2D eigenvalue weighted by Gasteiger charge is 2.37. The van der Waals surface area contributed by atoms with Crippen molar-refractivity contribution in [3.8, 4) is 5.75 Å². The van der Waals surface area contributed by atoms with E-state index < -0.39 is 0 Å². The highest BCUT2D eigenvalue weighted by Crippen LogP contribution is 2.38. The Balaban J connectivity index is 1.49. The quantitative estimate of drug-likeness (QED) is 0.662. The smallest absolute Gasteiger partial charge is 0.272 e. The summed E-state index contributed by atoms with van der Waals surface area (Å²) in [6.45, 7) is 3.69. The number of para-hydroxylation sites is 1. The van der Waals surface area contributed by atoms with Gasteiger partial charge in [0.25, 0.3) is 11.8 Å². The first-order valence-corrected chi connectivity index (χ1v) is 11.8. The summed E-state index contributed by atoms with van der Waals surface area (Å²) in [6, 6.07) is 9.23. The second-order valence-electron chi connectivity index (χ2n) is 9.21. The van der Waals surface area contributed by atoms with Crippen LogP contribution in [0.25, 0.3) is 0 Å². The molecule has 0 atom stereocenters. The Morgan fingerprint density at radius 2 is 1.79 bits per heavy atom. The van der Waals surface area contributed by atoms with Crippen LogP contribution < -0.4 is 4.74 Å². The zero-order valence-electron chi connectivity index (χ0n) is 19.7. The standard InChI is InChI=1S/C25H34N4O4/c1-27-16-18-32-17-6-5-10-25(19-33-22-8-4-3-7-20(22)23(27)30)11-14-29(15-12-25)24(31)21-9-13-26-28(21)2/h3-4,7-9,13H,5-6,10-12,14-19H2,1-2H3. The summed E-state index contributed by atoms with van der Waals surface area (Å²) < 4.78 is 13.7. The molecular formula is C25H34N4O4. The lowest BCUT2D eigenvalue weighted by atomic mass is 9.75. The number of fused-ring (bicyclic) bond motifs is 1. The van der Waals surface area contributed by atoms with E-state index >= 15 is 0 Å². The molecule has 1 aromatic heterocycles. The van der Waals surface area contributed by atoms with Crippen molar-refractivity contribution < 1.29 is 19.1 Å². The number of aryl methyl sites for hydroxylation is 1. The van der Waals surface area contributed by atoms with Gasteiger partial charge in [0.2, 0.25) is 0 Å². The Morgan fingerprint density at radius 1 is 1.00 bits per heavy atom. The van der Waals surface area contributed by atoms with E-state index in [1.807, 2.05) is 29.2 Å². The second kappa shape index (κ2) is 10.4. The number of aromatic nitrogens is 2. The van der Waals surface area contributed by atoms with Gasteiger partial charge in [-0.2, -0.15) is 5.10 Å². The summed E-state index contributed by atoms with van der Waals surface area (Å²) in [5, 5.41) is 4.13. The van der Waals surface area contributed by atoms with Crippen LogP contribution in [0.4, 0.5) is 0 Å². The third kappa shape index (κ3) is 5.38. The molecule has 0 unspecified atom stereocenters. The lowest BCUT2D eigenvalue weighted by molar-refractivity contribution is 0.0323. The largest absolute Gasteiger partial charge is 0.492 e. The molecule has 0 saturated carbocycles. The molecule has 0 N–H and O–H groups in total. The molecule has 1 saturated heterocycles. The molecule has 33 heavy (non-hydrogen) atoms. The molecule has 2 aromatic rings. The lowest BCUT2D eigenvalue weighted by Gasteiger charge is -2.42. The van der Waals surface area contributed by atoms with Gasteiger partial charge in [-0.05, 0) is 43.9 Å². The van der Waals surface area contributed by atoms with Gasteiger partial charge in [0.05, 0.1) is 18.8 Å². The molecule has 2 aliphatic heterocycles. The predicted molar refractivity (Wildman–Crippen MR) is 124 cm³/mol. The van der Waals surface area contributed by atoms with Crippen LogP contribution in [-0.2, 0) is 11.8 Å². The van der Waals surface area contributed by atoms with Gasteiger partial charge in [-0.25, -0.2) is 0 Å². The molecule has 1 spiro atoms. The molecule has 8 nitrogen and oxygen atoms in total. The van der Waals surface area contributed by atoms with E-state index in [1.165, 1.54) is 0 Å². The fourth-order valence-corrected chi connectivity index (χ4v) is 4.71. The molecule has 4 rings (SSSR count). The van der Waals surface area contributed by atoms with Crippen molar-refractivity contribution in [1.82, 2.24) is 19.6 Å². The summed E-state index contributed by atoms with van der Waals surface area (Å²) >= 11 is 0. The second-order valence-corrected chi connectivity index (χ2v) is 9.21. The minimum atomic E-state index is -0.0584. The number of hydrogen-bond acceptors (Lipinski definition) is 5. The fraction of sp³-hybridized carbons (Fsp3) is 0.560. The van der Waals surface area contributed by atoms with E-state index in [1.54, 1.807) is 35.9 Å². The van der Waals surface area contributed by atoms with Crippen LogP contribution in [0.2, 0.25) is 0 Å². The van der Waals surface area contributed by atoms with Gasteiger partial charge in [-0.1, -0.05) is 18.6 Å². The van der Waals surface area contributed by atoms with Crippen molar-refractivity contribution in [3.05, 3.63) is 47.8 Å². The van der Waals surface area contributed by atoms with E-state index in [2.05, 4.69) is 5.10 Å². The maximum Gasteiger partial charge on any atom is 0.272 e. The molecular weight excluding hydrogens is 420 g/mol. The number of nitrogens with zero attached hydrogens (tertiary/aromatic N) is 4. The van der Waals surface area contributed by atoms with E-state index in [9.17, 15) is 9.59 Å². The number of amides is 2. The van der Waals surface area contributed by atoms with Crippen LogP contribution in [0.3, 0.4) is 0 Å². The van der Waals surface area contributed by atoms with Gasteiger partial charge in [0.1, 0.15) is 11.4 Å². The number of likely N-dealkylation sites (N-methyl/N-ethyl adjacent to an activating group) is 1. The zero-order valence-corrected chi connectivity index (χ0v) is 19.7. The Bertz CT molecular complexity index is 965. The summed E-state index contributed by atoms with van der Waals surface area (Å²) in [4.78, 5) is 29.5. The number of likely N-dealkylation sites (tertiary alicyclic amines) is 1. The van der Waals surface area contributed by atoms with Gasteiger partial charge >= 0.3 is 0 Å². The van der Waals surface area contributed by atoms with Crippen LogP contribution in [0, 0.1) is 5.41 Å². The first-order valence-electron chi connectivity index (χ1n) is 11.8. The first kappa shape index (κ1) is 23.3. The number of ether oxygens (including phenoxy) is 2. The van der Waals surface area contributed by atoms with Gasteiger partial charge < -0.3 is 19.3 Å². The fourth-order valence-electron chi connectivity index (χ4n) is 4.71. The van der Waals surface area contributed by atoms with Crippen molar-refractivity contribution in [1.29, 1.82) is 0 Å². The number of rotatable bonds is 1. The van der Waals surface area contributed by atoms with Crippen molar-refractivity contribution in [2.45, 2.75) is 32.1 Å². The van der Waals surface area contributed by atoms with Gasteiger partial charge in [0.15, 0.2) is 0 Å². The van der Waals surface area contributed by atoms with Crippen LogP contribution in [0.1, 0.15) is 53.0 Å². The average Bonchev–Trinajstić information content (AvgIpc) is 3.27. The number of piperidine rings is 1. The maximum absolute atomic E-state index is 13.0. The minimum absolute atomic E-state index is 0.0269. The maximum atomic E-state index is 13.0. The summed E-state index contributed by atoms with van der Waals surface area (Å²) in [5.74, 6) is 0.594. The number of benzene rings is 1. The van der Waals surface area contributed by atoms with Crippen LogP contribution in [0.5, 0.6) is 5.75 Å².